The molecule has 0 N–H and O–H groups in total. The average Bonchev–Trinajstić information content (AvgIpc) is 2.35. The molecule has 19 heavy (non-hydrogen) atoms. The van der Waals surface area contributed by atoms with E-state index < -0.39 is 4.92 Å². The molecule has 0 heterocycles. The van der Waals surface area contributed by atoms with Crippen LogP contribution in [0.4, 0.5) is 11.4 Å². The summed E-state index contributed by atoms with van der Waals surface area (Å²) in [5.41, 5.74) is 0.957. The molecule has 6 heteroatoms. The smallest absolute Gasteiger partial charge is 0.258 e. The van der Waals surface area contributed by atoms with E-state index in [4.69, 9.17) is 23.2 Å². The molecule has 0 bridgehead atoms. The zero-order valence-electron chi connectivity index (χ0n) is 9.59. The predicted molar refractivity (Wildman–Crippen MR) is 76.8 cm³/mol. The highest BCUT2D eigenvalue weighted by atomic mass is 35.5. The average molecular weight is 295 g/mol. The Balaban J connectivity index is 2.35. The summed E-state index contributed by atoms with van der Waals surface area (Å²) in [5, 5.41) is 11.8. The fourth-order valence-electron chi connectivity index (χ4n) is 1.52. The summed E-state index contributed by atoms with van der Waals surface area (Å²) >= 11 is 11.7. The van der Waals surface area contributed by atoms with E-state index in [2.05, 4.69) is 4.99 Å². The summed E-state index contributed by atoms with van der Waals surface area (Å²) in [7, 11) is 0. The molecule has 0 radical (unpaired) electrons. The fraction of sp³-hybridized carbons (Fsp3) is 0. The van der Waals surface area contributed by atoms with Crippen LogP contribution in [0.2, 0.25) is 10.0 Å². The third-order valence-electron chi connectivity index (χ3n) is 2.33. The van der Waals surface area contributed by atoms with Gasteiger partial charge in [0.1, 0.15) is 0 Å². The van der Waals surface area contributed by atoms with E-state index in [0.717, 1.165) is 0 Å². The van der Waals surface area contributed by atoms with Gasteiger partial charge in [-0.1, -0.05) is 35.3 Å². The molecule has 0 aliphatic heterocycles. The molecule has 96 valence electrons. The van der Waals surface area contributed by atoms with Gasteiger partial charge in [-0.15, -0.1) is 0 Å². The summed E-state index contributed by atoms with van der Waals surface area (Å²) in [6.45, 7) is 0. The quantitative estimate of drug-likeness (QED) is 0.470. The minimum absolute atomic E-state index is 0.000579. The van der Waals surface area contributed by atoms with E-state index in [1.165, 1.54) is 12.3 Å². The molecule has 0 saturated heterocycles. The molecule has 0 aromatic heterocycles. The number of rotatable bonds is 3. The van der Waals surface area contributed by atoms with E-state index >= 15 is 0 Å². The Labute approximate surface area is 119 Å². The van der Waals surface area contributed by atoms with E-state index in [-0.39, 0.29) is 5.69 Å². The van der Waals surface area contributed by atoms with Crippen molar-refractivity contribution < 1.29 is 4.92 Å². The van der Waals surface area contributed by atoms with Gasteiger partial charge >= 0.3 is 0 Å². The number of nitro benzene ring substituents is 1. The van der Waals surface area contributed by atoms with Gasteiger partial charge in [-0.25, -0.2) is 0 Å². The summed E-state index contributed by atoms with van der Waals surface area (Å²) in [4.78, 5) is 14.5. The minimum atomic E-state index is -0.452. The van der Waals surface area contributed by atoms with Crippen molar-refractivity contribution >= 4 is 40.8 Å². The molecule has 0 saturated carbocycles. The number of para-hydroxylation sites is 1. The Bertz CT molecular complexity index is 637. The molecule has 2 rings (SSSR count). The molecule has 0 aliphatic carbocycles. The molecule has 0 aliphatic rings. The van der Waals surface area contributed by atoms with Crippen molar-refractivity contribution in [3.05, 3.63) is 68.2 Å². The third kappa shape index (κ3) is 3.53. The topological polar surface area (TPSA) is 55.5 Å². The van der Waals surface area contributed by atoms with E-state index in [1.54, 1.807) is 36.4 Å². The third-order valence-corrected chi connectivity index (χ3v) is 2.77. The van der Waals surface area contributed by atoms with Crippen molar-refractivity contribution in [2.24, 2.45) is 4.99 Å². The number of hydrogen-bond donors (Lipinski definition) is 0. The van der Waals surface area contributed by atoms with Crippen LogP contribution in [0.1, 0.15) is 5.56 Å². The van der Waals surface area contributed by atoms with E-state index in [9.17, 15) is 10.1 Å². The van der Waals surface area contributed by atoms with Gasteiger partial charge in [0, 0.05) is 22.3 Å². The fourth-order valence-corrected chi connectivity index (χ4v) is 2.04. The second-order valence-electron chi connectivity index (χ2n) is 3.70. The van der Waals surface area contributed by atoms with E-state index in [1.807, 2.05) is 0 Å². The van der Waals surface area contributed by atoms with Gasteiger partial charge in [-0.05, 0) is 24.3 Å². The van der Waals surface area contributed by atoms with Crippen LogP contribution in [0, 0.1) is 10.1 Å². The number of nitrogens with zero attached hydrogens (tertiary/aromatic N) is 2. The van der Waals surface area contributed by atoms with Gasteiger partial charge in [0.05, 0.1) is 16.2 Å². The molecule has 4 nitrogen and oxygen atoms in total. The lowest BCUT2D eigenvalue weighted by Gasteiger charge is -1.98. The first-order valence-corrected chi connectivity index (χ1v) is 6.05. The van der Waals surface area contributed by atoms with Crippen LogP contribution in [-0.4, -0.2) is 11.1 Å². The molecule has 0 unspecified atom stereocenters. The molecule has 0 spiro atoms. The van der Waals surface area contributed by atoms with Crippen molar-refractivity contribution in [1.82, 2.24) is 0 Å². The van der Waals surface area contributed by atoms with Crippen molar-refractivity contribution in [2.45, 2.75) is 0 Å². The highest BCUT2D eigenvalue weighted by Crippen LogP contribution is 2.25. The summed E-state index contributed by atoms with van der Waals surface area (Å²) in [6.07, 6.45) is 1.42. The van der Waals surface area contributed by atoms with Gasteiger partial charge in [-0.2, -0.15) is 0 Å². The molecule has 0 fully saturated rings. The number of aliphatic imine (C=N–C) groups is 1. The summed E-state index contributed by atoms with van der Waals surface area (Å²) in [5.74, 6) is 0. The lowest BCUT2D eigenvalue weighted by Crippen LogP contribution is -1.93. The Morgan fingerprint density at radius 2 is 1.74 bits per heavy atom. The van der Waals surface area contributed by atoms with Crippen molar-refractivity contribution in [2.75, 3.05) is 0 Å². The van der Waals surface area contributed by atoms with Crippen molar-refractivity contribution in [3.63, 3.8) is 0 Å². The van der Waals surface area contributed by atoms with Crippen molar-refractivity contribution in [3.8, 4) is 0 Å². The molecule has 0 amide bonds. The Kier molecular flexibility index (Phi) is 4.14. The first kappa shape index (κ1) is 13.5. The van der Waals surface area contributed by atoms with Gasteiger partial charge in [-0.3, -0.25) is 15.1 Å². The summed E-state index contributed by atoms with van der Waals surface area (Å²) < 4.78 is 0. The first-order chi connectivity index (χ1) is 9.06. The zero-order chi connectivity index (χ0) is 13.8. The molecule has 0 atom stereocenters. The van der Waals surface area contributed by atoms with Crippen LogP contribution in [-0.2, 0) is 0 Å². The van der Waals surface area contributed by atoms with Crippen LogP contribution in [0.15, 0.2) is 47.5 Å². The van der Waals surface area contributed by atoms with Gasteiger partial charge in [0.15, 0.2) is 0 Å². The van der Waals surface area contributed by atoms with Crippen LogP contribution in [0.25, 0.3) is 0 Å². The van der Waals surface area contributed by atoms with Crippen LogP contribution < -0.4 is 0 Å². The van der Waals surface area contributed by atoms with Crippen molar-refractivity contribution in [1.29, 1.82) is 0 Å². The Hall–Kier alpha value is -1.91. The minimum Gasteiger partial charge on any atom is -0.258 e. The highest BCUT2D eigenvalue weighted by Gasteiger charge is 2.09. The lowest BCUT2D eigenvalue weighted by molar-refractivity contribution is -0.385. The van der Waals surface area contributed by atoms with Crippen LogP contribution in [0.3, 0.4) is 0 Å². The zero-order valence-corrected chi connectivity index (χ0v) is 11.1. The Morgan fingerprint density at radius 3 is 2.37 bits per heavy atom. The number of benzene rings is 2. The highest BCUT2D eigenvalue weighted by molar-refractivity contribution is 6.35. The lowest BCUT2D eigenvalue weighted by atomic mass is 10.2. The van der Waals surface area contributed by atoms with Gasteiger partial charge < -0.3 is 0 Å². The van der Waals surface area contributed by atoms with Crippen LogP contribution in [0.5, 0.6) is 0 Å². The number of halogens is 2. The maximum atomic E-state index is 10.8. The predicted octanol–water partition coefficient (Wildman–Crippen LogP) is 4.65. The number of hydrogen-bond acceptors (Lipinski definition) is 3. The molecule has 2 aromatic carbocycles. The largest absolute Gasteiger partial charge is 0.278 e. The maximum absolute atomic E-state index is 10.8. The van der Waals surface area contributed by atoms with Gasteiger partial charge in [0.25, 0.3) is 5.69 Å². The standard InChI is InChI=1S/C13H8Cl2N2O2/c14-10-5-11(15)7-12(6-10)16-8-9-3-1-2-4-13(9)17(18)19/h1-8H. The van der Waals surface area contributed by atoms with Crippen LogP contribution >= 0.6 is 23.2 Å². The first-order valence-electron chi connectivity index (χ1n) is 5.30. The number of nitro groups is 1. The molecular weight excluding hydrogens is 287 g/mol. The molecular formula is C13H8Cl2N2O2. The second-order valence-corrected chi connectivity index (χ2v) is 4.57. The normalized spacial score (nSPS) is 10.8. The van der Waals surface area contributed by atoms with E-state index in [0.29, 0.717) is 21.3 Å². The second kappa shape index (κ2) is 5.82. The maximum Gasteiger partial charge on any atom is 0.278 e. The monoisotopic (exact) mass is 294 g/mol. The SMILES string of the molecule is O=[N+]([O-])c1ccccc1C=Nc1cc(Cl)cc(Cl)c1. The van der Waals surface area contributed by atoms with Gasteiger partial charge in [0.2, 0.25) is 0 Å². The summed E-state index contributed by atoms with van der Waals surface area (Å²) in [6, 6.07) is 11.2. The Morgan fingerprint density at radius 1 is 1.11 bits per heavy atom. The molecule has 2 aromatic rings.